The van der Waals surface area contributed by atoms with Crippen LogP contribution in [0.5, 0.6) is 0 Å². The molecule has 0 saturated carbocycles. The molecule has 2 N–H and O–H groups in total. The van der Waals surface area contributed by atoms with E-state index in [4.69, 9.17) is 10.2 Å². The minimum Gasteiger partial charge on any atom is -0.493 e. The minimum atomic E-state index is -0.888. The van der Waals surface area contributed by atoms with Gasteiger partial charge in [-0.05, 0) is 0 Å². The van der Waals surface area contributed by atoms with Crippen LogP contribution in [0.4, 0.5) is 0 Å². The molecule has 0 aliphatic carbocycles. The summed E-state index contributed by atoms with van der Waals surface area (Å²) in [6.45, 7) is 0.175. The van der Waals surface area contributed by atoms with E-state index in [0.29, 0.717) is 6.29 Å². The molecule has 0 aromatic rings. The Hall–Kier alpha value is -1.19. The molecule has 0 heterocycles. The van der Waals surface area contributed by atoms with Crippen LogP contribution in [-0.2, 0) is 9.53 Å². The highest BCUT2D eigenvalue weighted by atomic mass is 16.5. The summed E-state index contributed by atoms with van der Waals surface area (Å²) in [6, 6.07) is 0. The zero-order valence-electron chi connectivity index (χ0n) is 4.78. The molecule has 4 heteroatoms. The topological polar surface area (TPSA) is 66.8 Å². The lowest BCUT2D eigenvalue weighted by molar-refractivity contribution is -0.108. The molecule has 0 rings (SSSR count). The predicted molar refractivity (Wildman–Crippen MR) is 30.0 cm³/mol. The van der Waals surface area contributed by atoms with Gasteiger partial charge in [-0.25, -0.2) is 0 Å². The highest BCUT2D eigenvalue weighted by molar-refractivity contribution is 5.49. The molecule has 0 atom stereocenters. The Morgan fingerprint density at radius 3 is 2.67 bits per heavy atom. The van der Waals surface area contributed by atoms with E-state index in [2.05, 4.69) is 4.74 Å². The molecule has 0 amide bonds. The van der Waals surface area contributed by atoms with Crippen LogP contribution in [0.1, 0.15) is 6.42 Å². The lowest BCUT2D eigenvalue weighted by Crippen LogP contribution is -1.89. The third-order valence-corrected chi connectivity index (χ3v) is 0.542. The van der Waals surface area contributed by atoms with Crippen LogP contribution in [0.25, 0.3) is 0 Å². The average molecular weight is 132 g/mol. The maximum absolute atomic E-state index is 9.62. The second-order valence-corrected chi connectivity index (χ2v) is 1.30. The van der Waals surface area contributed by atoms with Crippen molar-refractivity contribution in [1.29, 1.82) is 0 Å². The van der Waals surface area contributed by atoms with Crippen molar-refractivity contribution in [3.05, 3.63) is 12.2 Å². The summed E-state index contributed by atoms with van der Waals surface area (Å²) in [7, 11) is 0. The average Bonchev–Trinajstić information content (AvgIpc) is 1.80. The van der Waals surface area contributed by atoms with E-state index in [0.717, 1.165) is 6.26 Å². The molecular weight excluding hydrogens is 124 g/mol. The first-order valence-electron chi connectivity index (χ1n) is 2.40. The van der Waals surface area contributed by atoms with Gasteiger partial charge in [0.1, 0.15) is 6.29 Å². The standard InChI is InChI=1S/C5H8O4/c6-2-1-3-9-4-5(7)8/h2,4,7-8H,1,3H2. The number of ether oxygens (including phenoxy) is 1. The van der Waals surface area contributed by atoms with Crippen LogP contribution in [0.15, 0.2) is 12.2 Å². The van der Waals surface area contributed by atoms with Crippen molar-refractivity contribution in [2.75, 3.05) is 6.61 Å². The summed E-state index contributed by atoms with van der Waals surface area (Å²) in [5, 5.41) is 16.1. The molecule has 0 bridgehead atoms. The monoisotopic (exact) mass is 132 g/mol. The van der Waals surface area contributed by atoms with E-state index in [-0.39, 0.29) is 13.0 Å². The van der Waals surface area contributed by atoms with Gasteiger partial charge in [0, 0.05) is 6.42 Å². The Labute approximate surface area is 52.4 Å². The summed E-state index contributed by atoms with van der Waals surface area (Å²) >= 11 is 0. The van der Waals surface area contributed by atoms with Crippen molar-refractivity contribution in [2.45, 2.75) is 6.42 Å². The first-order chi connectivity index (χ1) is 4.27. The number of aldehydes is 1. The number of hydrogen-bond acceptors (Lipinski definition) is 4. The predicted octanol–water partition coefficient (Wildman–Crippen LogP) is 0.507. The van der Waals surface area contributed by atoms with Crippen molar-refractivity contribution >= 4 is 6.29 Å². The Morgan fingerprint density at radius 2 is 2.22 bits per heavy atom. The molecule has 0 aromatic heterocycles. The van der Waals surface area contributed by atoms with Gasteiger partial charge in [0.05, 0.1) is 6.61 Å². The summed E-state index contributed by atoms with van der Waals surface area (Å²) in [5.41, 5.74) is 0. The number of hydrogen-bond donors (Lipinski definition) is 2. The van der Waals surface area contributed by atoms with Gasteiger partial charge in [-0.1, -0.05) is 0 Å². The largest absolute Gasteiger partial charge is 0.493 e. The fraction of sp³-hybridized carbons (Fsp3) is 0.400. The second-order valence-electron chi connectivity index (χ2n) is 1.30. The molecule has 0 fully saturated rings. The highest BCUT2D eigenvalue weighted by Gasteiger charge is 1.83. The highest BCUT2D eigenvalue weighted by Crippen LogP contribution is 1.83. The van der Waals surface area contributed by atoms with Crippen molar-refractivity contribution in [2.24, 2.45) is 0 Å². The Balaban J connectivity index is 3.09. The molecule has 0 radical (unpaired) electrons. The second kappa shape index (κ2) is 4.96. The summed E-state index contributed by atoms with van der Waals surface area (Å²) in [6.07, 6.45) is 1.70. The molecule has 0 aromatic carbocycles. The van der Waals surface area contributed by atoms with Crippen LogP contribution >= 0.6 is 0 Å². The van der Waals surface area contributed by atoms with Gasteiger partial charge in [0.25, 0.3) is 0 Å². The Morgan fingerprint density at radius 1 is 1.56 bits per heavy atom. The summed E-state index contributed by atoms with van der Waals surface area (Å²) < 4.78 is 4.44. The maximum Gasteiger partial charge on any atom is 0.310 e. The zero-order valence-corrected chi connectivity index (χ0v) is 4.78. The first-order valence-corrected chi connectivity index (χ1v) is 2.40. The zero-order chi connectivity index (χ0) is 7.11. The number of carbonyl (C=O) groups is 1. The summed E-state index contributed by atoms with van der Waals surface area (Å²) in [5.74, 6) is -0.888. The third kappa shape index (κ3) is 6.81. The normalized spacial score (nSPS) is 8.00. The van der Waals surface area contributed by atoms with Gasteiger partial charge in [-0.15, -0.1) is 0 Å². The van der Waals surface area contributed by atoms with Crippen molar-refractivity contribution in [3.63, 3.8) is 0 Å². The van der Waals surface area contributed by atoms with Crippen LogP contribution < -0.4 is 0 Å². The minimum absolute atomic E-state index is 0.175. The van der Waals surface area contributed by atoms with E-state index in [1.807, 2.05) is 0 Å². The van der Waals surface area contributed by atoms with E-state index in [1.165, 1.54) is 0 Å². The first kappa shape index (κ1) is 7.81. The third-order valence-electron chi connectivity index (χ3n) is 0.542. The van der Waals surface area contributed by atoms with Crippen LogP contribution in [0.2, 0.25) is 0 Å². The number of aliphatic hydroxyl groups is 2. The van der Waals surface area contributed by atoms with Crippen molar-refractivity contribution in [3.8, 4) is 0 Å². The fourth-order valence-electron chi connectivity index (χ4n) is 0.250. The molecule has 9 heavy (non-hydrogen) atoms. The van der Waals surface area contributed by atoms with Gasteiger partial charge in [-0.2, -0.15) is 0 Å². The van der Waals surface area contributed by atoms with E-state index in [9.17, 15) is 4.79 Å². The molecule has 0 unspecified atom stereocenters. The maximum atomic E-state index is 9.62. The van der Waals surface area contributed by atoms with Gasteiger partial charge in [-0.3, -0.25) is 0 Å². The van der Waals surface area contributed by atoms with Crippen LogP contribution in [0, 0.1) is 0 Å². The molecule has 0 spiro atoms. The summed E-state index contributed by atoms with van der Waals surface area (Å²) in [4.78, 5) is 9.62. The Kier molecular flexibility index (Phi) is 4.30. The van der Waals surface area contributed by atoms with Gasteiger partial charge >= 0.3 is 5.95 Å². The lowest BCUT2D eigenvalue weighted by atomic mass is 10.5. The smallest absolute Gasteiger partial charge is 0.310 e. The van der Waals surface area contributed by atoms with Crippen LogP contribution in [0.3, 0.4) is 0 Å². The van der Waals surface area contributed by atoms with Crippen LogP contribution in [-0.4, -0.2) is 23.1 Å². The molecule has 4 nitrogen and oxygen atoms in total. The quantitative estimate of drug-likeness (QED) is 0.332. The molecule has 0 aliphatic rings. The molecular formula is C5H8O4. The van der Waals surface area contributed by atoms with Crippen molar-refractivity contribution in [1.82, 2.24) is 0 Å². The molecule has 52 valence electrons. The fourth-order valence-corrected chi connectivity index (χ4v) is 0.250. The number of rotatable bonds is 4. The van der Waals surface area contributed by atoms with Gasteiger partial charge < -0.3 is 19.7 Å². The SMILES string of the molecule is O=CCCOC=C(O)O. The molecule has 0 aliphatic heterocycles. The van der Waals surface area contributed by atoms with E-state index < -0.39 is 5.95 Å². The van der Waals surface area contributed by atoms with E-state index >= 15 is 0 Å². The number of carbonyl (C=O) groups excluding carboxylic acids is 1. The van der Waals surface area contributed by atoms with Crippen molar-refractivity contribution < 1.29 is 19.7 Å². The van der Waals surface area contributed by atoms with Gasteiger partial charge in [0.15, 0.2) is 6.26 Å². The lowest BCUT2D eigenvalue weighted by Gasteiger charge is -1.93. The molecule has 0 saturated heterocycles. The van der Waals surface area contributed by atoms with Gasteiger partial charge in [0.2, 0.25) is 0 Å². The Bertz CT molecular complexity index is 104. The number of aliphatic hydroxyl groups excluding tert-OH is 1. The van der Waals surface area contributed by atoms with E-state index in [1.54, 1.807) is 0 Å².